The van der Waals surface area contributed by atoms with E-state index in [0.29, 0.717) is 11.1 Å². The normalized spacial score (nSPS) is 13.3. The third kappa shape index (κ3) is 6.79. The average molecular weight is 270 g/mol. The Balaban J connectivity index is 4.30. The van der Waals surface area contributed by atoms with Crippen LogP contribution in [0, 0.1) is 0 Å². The fraction of sp³-hybridized carbons (Fsp3) is 1.00. The van der Waals surface area contributed by atoms with Crippen LogP contribution in [0.4, 0.5) is 0 Å². The Morgan fingerprint density at radius 1 is 0.632 bits per heavy atom. The van der Waals surface area contributed by atoms with Crippen LogP contribution in [0.5, 0.6) is 0 Å². The van der Waals surface area contributed by atoms with E-state index in [1.165, 1.54) is 57.9 Å². The average Bonchev–Trinajstić information content (AvgIpc) is 2.37. The zero-order valence-electron chi connectivity index (χ0n) is 14.8. The van der Waals surface area contributed by atoms with Crippen molar-refractivity contribution in [2.45, 2.75) is 111 Å². The van der Waals surface area contributed by atoms with Crippen molar-refractivity contribution in [2.75, 3.05) is 6.54 Å². The second kappa shape index (κ2) is 9.00. The van der Waals surface area contributed by atoms with E-state index in [4.69, 9.17) is 0 Å². The summed E-state index contributed by atoms with van der Waals surface area (Å²) in [6.07, 6.45) is 10.8. The molecule has 0 aliphatic carbocycles. The van der Waals surface area contributed by atoms with Crippen molar-refractivity contribution >= 4 is 0 Å². The molecule has 0 radical (unpaired) electrons. The van der Waals surface area contributed by atoms with Gasteiger partial charge in [-0.15, -0.1) is 0 Å². The van der Waals surface area contributed by atoms with E-state index in [2.05, 4.69) is 53.4 Å². The summed E-state index contributed by atoms with van der Waals surface area (Å²) in [7, 11) is 0. The minimum absolute atomic E-state index is 0.322. The van der Waals surface area contributed by atoms with Gasteiger partial charge in [-0.25, -0.2) is 0 Å². The summed E-state index contributed by atoms with van der Waals surface area (Å²) in [5.74, 6) is 0. The Labute approximate surface area is 123 Å². The second-order valence-electron chi connectivity index (χ2n) is 7.25. The molecule has 0 unspecified atom stereocenters. The summed E-state index contributed by atoms with van der Waals surface area (Å²) in [6, 6.07) is 0. The first kappa shape index (κ1) is 19.0. The topological polar surface area (TPSA) is 3.24 Å². The standard InChI is InChI=1S/C18H39N/c1-8-11-12-13-14-15-16-19(17(4,5)9-2)18(6,7)10-3/h8-16H2,1-7H3. The first-order valence-electron chi connectivity index (χ1n) is 8.59. The maximum atomic E-state index is 2.75. The molecule has 0 heterocycles. The maximum Gasteiger partial charge on any atom is 0.0155 e. The second-order valence-corrected chi connectivity index (χ2v) is 7.25. The van der Waals surface area contributed by atoms with Crippen molar-refractivity contribution in [2.24, 2.45) is 0 Å². The van der Waals surface area contributed by atoms with E-state index in [-0.39, 0.29) is 0 Å². The van der Waals surface area contributed by atoms with Crippen molar-refractivity contribution in [1.29, 1.82) is 0 Å². The fourth-order valence-corrected chi connectivity index (χ4v) is 2.86. The van der Waals surface area contributed by atoms with Crippen LogP contribution in [0.1, 0.15) is 99.8 Å². The molecule has 0 amide bonds. The number of hydrogen-bond donors (Lipinski definition) is 0. The van der Waals surface area contributed by atoms with E-state index in [1.807, 2.05) is 0 Å². The van der Waals surface area contributed by atoms with Crippen LogP contribution in [0.25, 0.3) is 0 Å². The number of hydrogen-bond acceptors (Lipinski definition) is 1. The van der Waals surface area contributed by atoms with Crippen molar-refractivity contribution < 1.29 is 0 Å². The summed E-state index contributed by atoms with van der Waals surface area (Å²) < 4.78 is 0. The van der Waals surface area contributed by atoms with Crippen LogP contribution in [0.15, 0.2) is 0 Å². The quantitative estimate of drug-likeness (QED) is 0.414. The molecule has 0 N–H and O–H groups in total. The highest BCUT2D eigenvalue weighted by Crippen LogP contribution is 2.30. The Morgan fingerprint density at radius 2 is 1.05 bits per heavy atom. The Hall–Kier alpha value is -0.0400. The first-order chi connectivity index (χ1) is 8.81. The highest BCUT2D eigenvalue weighted by Gasteiger charge is 2.34. The zero-order chi connectivity index (χ0) is 14.9. The van der Waals surface area contributed by atoms with E-state index in [0.717, 1.165) is 0 Å². The molecule has 0 spiro atoms. The summed E-state index contributed by atoms with van der Waals surface area (Å²) in [6.45, 7) is 17.8. The minimum Gasteiger partial charge on any atom is -0.293 e. The van der Waals surface area contributed by atoms with Gasteiger partial charge in [-0.1, -0.05) is 52.9 Å². The van der Waals surface area contributed by atoms with Crippen LogP contribution in [-0.2, 0) is 0 Å². The zero-order valence-corrected chi connectivity index (χ0v) is 14.8. The van der Waals surface area contributed by atoms with Crippen LogP contribution < -0.4 is 0 Å². The fourth-order valence-electron chi connectivity index (χ4n) is 2.86. The summed E-state index contributed by atoms with van der Waals surface area (Å²) in [5, 5.41) is 0. The molecular formula is C18H39N. The summed E-state index contributed by atoms with van der Waals surface area (Å²) >= 11 is 0. The third-order valence-electron chi connectivity index (χ3n) is 4.93. The molecule has 1 heteroatoms. The van der Waals surface area contributed by atoms with Crippen LogP contribution in [0.2, 0.25) is 0 Å². The Bertz CT molecular complexity index is 202. The van der Waals surface area contributed by atoms with Gasteiger partial charge in [0.15, 0.2) is 0 Å². The Morgan fingerprint density at radius 3 is 1.47 bits per heavy atom. The molecule has 0 aliphatic heterocycles. The van der Waals surface area contributed by atoms with Gasteiger partial charge in [-0.05, 0) is 53.5 Å². The third-order valence-corrected chi connectivity index (χ3v) is 4.93. The lowest BCUT2D eigenvalue weighted by Gasteiger charge is -2.48. The molecule has 19 heavy (non-hydrogen) atoms. The lowest BCUT2D eigenvalue weighted by Crippen LogP contribution is -2.55. The molecule has 0 bridgehead atoms. The molecule has 0 atom stereocenters. The monoisotopic (exact) mass is 269 g/mol. The maximum absolute atomic E-state index is 2.75. The van der Waals surface area contributed by atoms with E-state index < -0.39 is 0 Å². The van der Waals surface area contributed by atoms with Crippen molar-refractivity contribution in [3.8, 4) is 0 Å². The molecular weight excluding hydrogens is 230 g/mol. The van der Waals surface area contributed by atoms with Crippen LogP contribution in [-0.4, -0.2) is 22.5 Å². The van der Waals surface area contributed by atoms with Gasteiger partial charge in [0.05, 0.1) is 0 Å². The van der Waals surface area contributed by atoms with E-state index in [1.54, 1.807) is 0 Å². The summed E-state index contributed by atoms with van der Waals surface area (Å²) in [4.78, 5) is 2.75. The SMILES string of the molecule is CCCCCCCCN(C(C)(C)CC)C(C)(C)CC. The molecule has 0 fully saturated rings. The number of nitrogens with zero attached hydrogens (tertiary/aromatic N) is 1. The molecule has 0 saturated heterocycles. The molecule has 0 aliphatic rings. The molecule has 116 valence electrons. The Kier molecular flexibility index (Phi) is 8.98. The predicted octanol–water partition coefficient (Wildman–Crippen LogP) is 6.03. The molecule has 0 aromatic rings. The first-order valence-corrected chi connectivity index (χ1v) is 8.59. The van der Waals surface area contributed by atoms with E-state index >= 15 is 0 Å². The smallest absolute Gasteiger partial charge is 0.0155 e. The highest BCUT2D eigenvalue weighted by atomic mass is 15.2. The minimum atomic E-state index is 0.322. The molecule has 0 aromatic carbocycles. The lowest BCUT2D eigenvalue weighted by molar-refractivity contribution is 0.00963. The van der Waals surface area contributed by atoms with Gasteiger partial charge in [-0.3, -0.25) is 4.90 Å². The van der Waals surface area contributed by atoms with Gasteiger partial charge in [-0.2, -0.15) is 0 Å². The molecule has 0 saturated carbocycles. The van der Waals surface area contributed by atoms with Crippen molar-refractivity contribution in [3.05, 3.63) is 0 Å². The van der Waals surface area contributed by atoms with Gasteiger partial charge in [0, 0.05) is 11.1 Å². The molecule has 1 nitrogen and oxygen atoms in total. The molecule has 0 rings (SSSR count). The van der Waals surface area contributed by atoms with Gasteiger partial charge < -0.3 is 0 Å². The lowest BCUT2D eigenvalue weighted by atomic mass is 9.88. The highest BCUT2D eigenvalue weighted by molar-refractivity contribution is 4.90. The van der Waals surface area contributed by atoms with E-state index in [9.17, 15) is 0 Å². The number of unbranched alkanes of at least 4 members (excludes halogenated alkanes) is 5. The molecule has 0 aromatic heterocycles. The van der Waals surface area contributed by atoms with Crippen molar-refractivity contribution in [3.63, 3.8) is 0 Å². The van der Waals surface area contributed by atoms with Gasteiger partial charge in [0.1, 0.15) is 0 Å². The van der Waals surface area contributed by atoms with Gasteiger partial charge in [0.2, 0.25) is 0 Å². The predicted molar refractivity (Wildman–Crippen MR) is 88.8 cm³/mol. The van der Waals surface area contributed by atoms with Crippen LogP contribution >= 0.6 is 0 Å². The van der Waals surface area contributed by atoms with Crippen LogP contribution in [0.3, 0.4) is 0 Å². The van der Waals surface area contributed by atoms with Crippen molar-refractivity contribution in [1.82, 2.24) is 4.90 Å². The van der Waals surface area contributed by atoms with Gasteiger partial charge in [0.25, 0.3) is 0 Å². The number of rotatable bonds is 11. The summed E-state index contributed by atoms with van der Waals surface area (Å²) in [5.41, 5.74) is 0.645. The largest absolute Gasteiger partial charge is 0.293 e. The van der Waals surface area contributed by atoms with Gasteiger partial charge >= 0.3 is 0 Å².